The summed E-state index contributed by atoms with van der Waals surface area (Å²) in [7, 11) is 0. The highest BCUT2D eigenvalue weighted by Crippen LogP contribution is 2.33. The number of ether oxygens (including phenoxy) is 1. The number of rotatable bonds is 1. The number of aryl methyl sites for hydroxylation is 1. The molecule has 3 rings (SSSR count). The predicted molar refractivity (Wildman–Crippen MR) is 69.4 cm³/mol. The summed E-state index contributed by atoms with van der Waals surface area (Å²) >= 11 is 0. The molecule has 0 saturated carbocycles. The van der Waals surface area contributed by atoms with Gasteiger partial charge in [-0.15, -0.1) is 0 Å². The van der Waals surface area contributed by atoms with Gasteiger partial charge in [0.2, 0.25) is 0 Å². The Morgan fingerprint density at radius 2 is 2.06 bits per heavy atom. The Balaban J connectivity index is 1.89. The molecule has 1 aliphatic rings. The minimum Gasteiger partial charge on any atom is -0.489 e. The number of anilines is 1. The summed E-state index contributed by atoms with van der Waals surface area (Å²) in [4.78, 5) is 0. The lowest BCUT2D eigenvalue weighted by molar-refractivity contribution is 0.286. The van der Waals surface area contributed by atoms with E-state index in [2.05, 4.69) is 5.32 Å². The molecule has 1 atom stereocenters. The van der Waals surface area contributed by atoms with E-state index in [1.807, 2.05) is 30.3 Å². The Bertz CT molecular complexity index is 582. The Morgan fingerprint density at radius 1 is 1.22 bits per heavy atom. The van der Waals surface area contributed by atoms with Gasteiger partial charge in [-0.2, -0.15) is 0 Å². The van der Waals surface area contributed by atoms with Crippen LogP contribution < -0.4 is 10.1 Å². The second-order valence-electron chi connectivity index (χ2n) is 4.51. The molecule has 1 aliphatic heterocycles. The van der Waals surface area contributed by atoms with Gasteiger partial charge in [0, 0.05) is 0 Å². The molecule has 0 bridgehead atoms. The molecular weight excluding hydrogens is 229 g/mol. The SMILES string of the molecule is Cc1cc(C2COc3ccccc3N2)ccc1F. The van der Waals surface area contributed by atoms with Crippen LogP contribution in [0.15, 0.2) is 42.5 Å². The highest BCUT2D eigenvalue weighted by atomic mass is 19.1. The largest absolute Gasteiger partial charge is 0.489 e. The van der Waals surface area contributed by atoms with Crippen LogP contribution in [0.2, 0.25) is 0 Å². The van der Waals surface area contributed by atoms with Crippen molar-refractivity contribution in [1.29, 1.82) is 0 Å². The van der Waals surface area contributed by atoms with E-state index in [1.165, 1.54) is 6.07 Å². The molecule has 0 aromatic heterocycles. The normalized spacial score (nSPS) is 17.6. The van der Waals surface area contributed by atoms with E-state index in [0.29, 0.717) is 12.2 Å². The number of nitrogens with one attached hydrogen (secondary N) is 1. The van der Waals surface area contributed by atoms with Crippen molar-refractivity contribution < 1.29 is 9.13 Å². The van der Waals surface area contributed by atoms with E-state index in [-0.39, 0.29) is 11.9 Å². The van der Waals surface area contributed by atoms with Crippen molar-refractivity contribution in [2.45, 2.75) is 13.0 Å². The summed E-state index contributed by atoms with van der Waals surface area (Å²) in [5, 5.41) is 3.41. The quantitative estimate of drug-likeness (QED) is 0.825. The first-order valence-corrected chi connectivity index (χ1v) is 5.98. The first-order chi connectivity index (χ1) is 8.74. The van der Waals surface area contributed by atoms with E-state index in [9.17, 15) is 4.39 Å². The first kappa shape index (κ1) is 11.1. The van der Waals surface area contributed by atoms with E-state index in [1.54, 1.807) is 13.0 Å². The second-order valence-corrected chi connectivity index (χ2v) is 4.51. The topological polar surface area (TPSA) is 21.3 Å². The maximum Gasteiger partial charge on any atom is 0.142 e. The fourth-order valence-electron chi connectivity index (χ4n) is 2.18. The lowest BCUT2D eigenvalue weighted by Crippen LogP contribution is -2.23. The van der Waals surface area contributed by atoms with Crippen molar-refractivity contribution >= 4 is 5.69 Å². The highest BCUT2D eigenvalue weighted by Gasteiger charge is 2.20. The summed E-state index contributed by atoms with van der Waals surface area (Å²) in [6.45, 7) is 2.33. The van der Waals surface area contributed by atoms with Crippen LogP contribution in [0, 0.1) is 12.7 Å². The molecule has 1 heterocycles. The van der Waals surface area contributed by atoms with Gasteiger partial charge in [0.15, 0.2) is 0 Å². The minimum atomic E-state index is -0.170. The van der Waals surface area contributed by atoms with Crippen molar-refractivity contribution in [2.75, 3.05) is 11.9 Å². The zero-order valence-corrected chi connectivity index (χ0v) is 10.1. The average molecular weight is 243 g/mol. The maximum absolute atomic E-state index is 13.3. The third-order valence-electron chi connectivity index (χ3n) is 3.21. The van der Waals surface area contributed by atoms with Gasteiger partial charge >= 0.3 is 0 Å². The lowest BCUT2D eigenvalue weighted by atomic mass is 10.0. The van der Waals surface area contributed by atoms with Crippen molar-refractivity contribution in [2.24, 2.45) is 0 Å². The smallest absolute Gasteiger partial charge is 0.142 e. The molecule has 1 N–H and O–H groups in total. The molecular formula is C15H14FNO. The maximum atomic E-state index is 13.3. The average Bonchev–Trinajstić information content (AvgIpc) is 2.41. The van der Waals surface area contributed by atoms with Crippen LogP contribution in [0.3, 0.4) is 0 Å². The van der Waals surface area contributed by atoms with Crippen LogP contribution in [-0.4, -0.2) is 6.61 Å². The van der Waals surface area contributed by atoms with E-state index >= 15 is 0 Å². The van der Waals surface area contributed by atoms with Gasteiger partial charge in [0.05, 0.1) is 11.7 Å². The molecule has 0 spiro atoms. The van der Waals surface area contributed by atoms with Crippen LogP contribution in [0.4, 0.5) is 10.1 Å². The monoisotopic (exact) mass is 243 g/mol. The van der Waals surface area contributed by atoms with Gasteiger partial charge in [0.1, 0.15) is 18.2 Å². The van der Waals surface area contributed by atoms with Gasteiger partial charge in [-0.25, -0.2) is 4.39 Å². The van der Waals surface area contributed by atoms with Crippen LogP contribution in [0.25, 0.3) is 0 Å². The molecule has 2 nitrogen and oxygen atoms in total. The summed E-state index contributed by atoms with van der Waals surface area (Å²) in [6, 6.07) is 13.1. The number of hydrogen-bond acceptors (Lipinski definition) is 2. The molecule has 0 aliphatic carbocycles. The van der Waals surface area contributed by atoms with Crippen molar-refractivity contribution in [1.82, 2.24) is 0 Å². The Hall–Kier alpha value is -2.03. The van der Waals surface area contributed by atoms with Gasteiger partial charge in [-0.1, -0.05) is 24.3 Å². The van der Waals surface area contributed by atoms with E-state index in [0.717, 1.165) is 17.0 Å². The molecule has 92 valence electrons. The molecule has 0 saturated heterocycles. The third kappa shape index (κ3) is 1.92. The first-order valence-electron chi connectivity index (χ1n) is 5.98. The summed E-state index contributed by atoms with van der Waals surface area (Å²) in [5.74, 6) is 0.698. The van der Waals surface area contributed by atoms with E-state index in [4.69, 9.17) is 4.74 Å². The van der Waals surface area contributed by atoms with Crippen molar-refractivity contribution in [3.63, 3.8) is 0 Å². The number of para-hydroxylation sites is 2. The zero-order chi connectivity index (χ0) is 12.5. The van der Waals surface area contributed by atoms with Crippen LogP contribution in [0.1, 0.15) is 17.2 Å². The van der Waals surface area contributed by atoms with Crippen LogP contribution >= 0.6 is 0 Å². The second kappa shape index (κ2) is 4.33. The highest BCUT2D eigenvalue weighted by molar-refractivity contribution is 5.59. The lowest BCUT2D eigenvalue weighted by Gasteiger charge is -2.27. The Labute approximate surface area is 105 Å². The van der Waals surface area contributed by atoms with Gasteiger partial charge < -0.3 is 10.1 Å². The van der Waals surface area contributed by atoms with Crippen molar-refractivity contribution in [3.05, 3.63) is 59.4 Å². The van der Waals surface area contributed by atoms with Crippen LogP contribution in [0.5, 0.6) is 5.75 Å². The van der Waals surface area contributed by atoms with Crippen LogP contribution in [-0.2, 0) is 0 Å². The fraction of sp³-hybridized carbons (Fsp3) is 0.200. The summed E-state index contributed by atoms with van der Waals surface area (Å²) in [6.07, 6.45) is 0. The third-order valence-corrected chi connectivity index (χ3v) is 3.21. The fourth-order valence-corrected chi connectivity index (χ4v) is 2.18. The number of hydrogen-bond donors (Lipinski definition) is 1. The van der Waals surface area contributed by atoms with E-state index < -0.39 is 0 Å². The number of benzene rings is 2. The molecule has 18 heavy (non-hydrogen) atoms. The molecule has 1 unspecified atom stereocenters. The number of halogens is 1. The molecule has 2 aromatic rings. The molecule has 0 amide bonds. The molecule has 0 radical (unpaired) electrons. The summed E-state index contributed by atoms with van der Waals surface area (Å²) < 4.78 is 19.0. The van der Waals surface area contributed by atoms with Crippen molar-refractivity contribution in [3.8, 4) is 5.75 Å². The summed E-state index contributed by atoms with van der Waals surface area (Å²) in [5.41, 5.74) is 2.69. The molecule has 2 aromatic carbocycles. The van der Waals surface area contributed by atoms with Gasteiger partial charge in [0.25, 0.3) is 0 Å². The van der Waals surface area contributed by atoms with Gasteiger partial charge in [-0.3, -0.25) is 0 Å². The zero-order valence-electron chi connectivity index (χ0n) is 10.1. The minimum absolute atomic E-state index is 0.0687. The predicted octanol–water partition coefficient (Wildman–Crippen LogP) is 3.68. The standard InChI is InChI=1S/C15H14FNO/c1-10-8-11(6-7-12(10)16)14-9-18-15-5-3-2-4-13(15)17-14/h2-8,14,17H,9H2,1H3. The van der Waals surface area contributed by atoms with Gasteiger partial charge in [-0.05, 0) is 36.2 Å². The molecule has 3 heteroatoms. The Morgan fingerprint density at radius 3 is 2.89 bits per heavy atom. The molecule has 0 fully saturated rings. The Kier molecular flexibility index (Phi) is 2.67. The number of fused-ring (bicyclic) bond motifs is 1.